The molecular formula is C12H17NO2. The van der Waals surface area contributed by atoms with Crippen molar-refractivity contribution in [3.63, 3.8) is 0 Å². The van der Waals surface area contributed by atoms with E-state index < -0.39 is 0 Å². The van der Waals surface area contributed by atoms with Gasteiger partial charge in [-0.1, -0.05) is 12.1 Å². The number of rotatable bonds is 3. The molecule has 3 heteroatoms. The van der Waals surface area contributed by atoms with Crippen LogP contribution < -0.4 is 4.90 Å². The second-order valence-electron chi connectivity index (χ2n) is 3.71. The van der Waals surface area contributed by atoms with E-state index in [9.17, 15) is 4.79 Å². The van der Waals surface area contributed by atoms with Crippen molar-refractivity contribution < 1.29 is 9.53 Å². The lowest BCUT2D eigenvalue weighted by molar-refractivity contribution is 0.0601. The third-order valence-corrected chi connectivity index (χ3v) is 2.46. The van der Waals surface area contributed by atoms with E-state index in [0.717, 1.165) is 5.69 Å². The molecule has 82 valence electrons. The summed E-state index contributed by atoms with van der Waals surface area (Å²) in [6.45, 7) is 4.15. The standard InChI is InChI=1S/C12H17NO2/c1-9(2)13(3)11-8-6-5-7-10(11)12(14)15-4/h5-9H,1-4H3. The zero-order chi connectivity index (χ0) is 11.4. The van der Waals surface area contributed by atoms with Crippen molar-refractivity contribution in [3.8, 4) is 0 Å². The Kier molecular flexibility index (Phi) is 3.72. The van der Waals surface area contributed by atoms with Crippen LogP contribution in [0.1, 0.15) is 24.2 Å². The van der Waals surface area contributed by atoms with Crippen molar-refractivity contribution in [2.75, 3.05) is 19.1 Å². The molecule has 0 radical (unpaired) electrons. The summed E-state index contributed by atoms with van der Waals surface area (Å²) in [5, 5.41) is 0. The molecule has 0 fully saturated rings. The monoisotopic (exact) mass is 207 g/mol. The molecule has 0 atom stereocenters. The average molecular weight is 207 g/mol. The van der Waals surface area contributed by atoms with Gasteiger partial charge in [0.15, 0.2) is 0 Å². The number of anilines is 1. The largest absolute Gasteiger partial charge is 0.465 e. The lowest BCUT2D eigenvalue weighted by Crippen LogP contribution is -2.27. The molecule has 15 heavy (non-hydrogen) atoms. The minimum atomic E-state index is -0.293. The molecular weight excluding hydrogens is 190 g/mol. The predicted molar refractivity (Wildman–Crippen MR) is 61.3 cm³/mol. The fourth-order valence-electron chi connectivity index (χ4n) is 1.34. The molecule has 0 aliphatic rings. The molecule has 0 unspecified atom stereocenters. The second kappa shape index (κ2) is 4.82. The molecule has 3 nitrogen and oxygen atoms in total. The van der Waals surface area contributed by atoms with Crippen LogP contribution in [0.15, 0.2) is 24.3 Å². The van der Waals surface area contributed by atoms with E-state index in [2.05, 4.69) is 13.8 Å². The van der Waals surface area contributed by atoms with Crippen LogP contribution in [-0.2, 0) is 4.74 Å². The van der Waals surface area contributed by atoms with Crippen LogP contribution in [0.2, 0.25) is 0 Å². The van der Waals surface area contributed by atoms with E-state index in [1.165, 1.54) is 7.11 Å². The summed E-state index contributed by atoms with van der Waals surface area (Å²) < 4.78 is 4.74. The maximum atomic E-state index is 11.5. The highest BCUT2D eigenvalue weighted by molar-refractivity contribution is 5.95. The zero-order valence-electron chi connectivity index (χ0n) is 9.65. The molecule has 1 rings (SSSR count). The van der Waals surface area contributed by atoms with E-state index in [-0.39, 0.29) is 5.97 Å². The quantitative estimate of drug-likeness (QED) is 0.712. The smallest absolute Gasteiger partial charge is 0.339 e. The number of hydrogen-bond acceptors (Lipinski definition) is 3. The Balaban J connectivity index is 3.11. The van der Waals surface area contributed by atoms with E-state index in [4.69, 9.17) is 4.74 Å². The van der Waals surface area contributed by atoms with Gasteiger partial charge >= 0.3 is 5.97 Å². The molecule has 0 bridgehead atoms. The Morgan fingerprint density at radius 3 is 2.47 bits per heavy atom. The number of carbonyl (C=O) groups excluding carboxylic acids is 1. The van der Waals surface area contributed by atoms with E-state index in [1.807, 2.05) is 30.1 Å². The van der Waals surface area contributed by atoms with Crippen LogP contribution in [-0.4, -0.2) is 26.2 Å². The second-order valence-corrected chi connectivity index (χ2v) is 3.71. The van der Waals surface area contributed by atoms with Crippen LogP contribution in [0, 0.1) is 0 Å². The first kappa shape index (κ1) is 11.6. The van der Waals surface area contributed by atoms with Crippen molar-refractivity contribution in [3.05, 3.63) is 29.8 Å². The summed E-state index contributed by atoms with van der Waals surface area (Å²) >= 11 is 0. The van der Waals surface area contributed by atoms with Gasteiger partial charge in [-0.2, -0.15) is 0 Å². The highest BCUT2D eigenvalue weighted by Gasteiger charge is 2.15. The highest BCUT2D eigenvalue weighted by atomic mass is 16.5. The molecule has 1 aromatic rings. The number of hydrogen-bond donors (Lipinski definition) is 0. The fourth-order valence-corrected chi connectivity index (χ4v) is 1.34. The molecule has 0 aliphatic heterocycles. The summed E-state index contributed by atoms with van der Waals surface area (Å²) in [6.07, 6.45) is 0. The van der Waals surface area contributed by atoms with Crippen molar-refractivity contribution in [2.45, 2.75) is 19.9 Å². The minimum absolute atomic E-state index is 0.293. The number of para-hydroxylation sites is 1. The first-order valence-corrected chi connectivity index (χ1v) is 4.98. The molecule has 1 aromatic carbocycles. The number of carbonyl (C=O) groups is 1. The maximum Gasteiger partial charge on any atom is 0.339 e. The minimum Gasteiger partial charge on any atom is -0.465 e. The Hall–Kier alpha value is -1.51. The van der Waals surface area contributed by atoms with Crippen molar-refractivity contribution in [1.82, 2.24) is 0 Å². The third kappa shape index (κ3) is 2.49. The van der Waals surface area contributed by atoms with Crippen LogP contribution in [0.4, 0.5) is 5.69 Å². The van der Waals surface area contributed by atoms with Crippen molar-refractivity contribution >= 4 is 11.7 Å². The fraction of sp³-hybridized carbons (Fsp3) is 0.417. The van der Waals surface area contributed by atoms with Gasteiger partial charge < -0.3 is 9.64 Å². The summed E-state index contributed by atoms with van der Waals surface area (Å²) in [5.74, 6) is -0.293. The van der Waals surface area contributed by atoms with Gasteiger partial charge in [-0.3, -0.25) is 0 Å². The van der Waals surface area contributed by atoms with Crippen molar-refractivity contribution in [2.24, 2.45) is 0 Å². The van der Waals surface area contributed by atoms with Crippen LogP contribution in [0.3, 0.4) is 0 Å². The van der Waals surface area contributed by atoms with Crippen molar-refractivity contribution in [1.29, 1.82) is 0 Å². The molecule has 0 aromatic heterocycles. The third-order valence-electron chi connectivity index (χ3n) is 2.46. The molecule has 0 saturated heterocycles. The van der Waals surface area contributed by atoms with Gasteiger partial charge in [-0.25, -0.2) is 4.79 Å². The van der Waals surface area contributed by atoms with Gasteiger partial charge in [0.2, 0.25) is 0 Å². The van der Waals surface area contributed by atoms with Gasteiger partial charge in [0.25, 0.3) is 0 Å². The van der Waals surface area contributed by atoms with E-state index >= 15 is 0 Å². The van der Waals surface area contributed by atoms with E-state index in [0.29, 0.717) is 11.6 Å². The Bertz CT molecular complexity index is 347. The van der Waals surface area contributed by atoms with Gasteiger partial charge in [-0.15, -0.1) is 0 Å². The van der Waals surface area contributed by atoms with E-state index in [1.54, 1.807) is 6.07 Å². The number of methoxy groups -OCH3 is 1. The topological polar surface area (TPSA) is 29.5 Å². The normalized spacial score (nSPS) is 10.2. The summed E-state index contributed by atoms with van der Waals surface area (Å²) in [4.78, 5) is 13.6. The highest BCUT2D eigenvalue weighted by Crippen LogP contribution is 2.21. The Labute approximate surface area is 90.7 Å². The Morgan fingerprint density at radius 2 is 1.93 bits per heavy atom. The first-order chi connectivity index (χ1) is 7.07. The number of ether oxygens (including phenoxy) is 1. The molecule has 0 spiro atoms. The van der Waals surface area contributed by atoms with Gasteiger partial charge in [0.05, 0.1) is 18.4 Å². The molecule has 0 heterocycles. The average Bonchev–Trinajstić information content (AvgIpc) is 2.27. The molecule has 0 aliphatic carbocycles. The lowest BCUT2D eigenvalue weighted by atomic mass is 10.1. The summed E-state index contributed by atoms with van der Waals surface area (Å²) in [5.41, 5.74) is 1.51. The first-order valence-electron chi connectivity index (χ1n) is 4.98. The van der Waals surface area contributed by atoms with Gasteiger partial charge in [0.1, 0.15) is 0 Å². The molecule has 0 amide bonds. The SMILES string of the molecule is COC(=O)c1ccccc1N(C)C(C)C. The zero-order valence-corrected chi connectivity index (χ0v) is 9.65. The Morgan fingerprint density at radius 1 is 1.33 bits per heavy atom. The number of benzene rings is 1. The van der Waals surface area contributed by atoms with Gasteiger partial charge in [0, 0.05) is 13.1 Å². The predicted octanol–water partition coefficient (Wildman–Crippen LogP) is 2.32. The number of esters is 1. The van der Waals surface area contributed by atoms with Gasteiger partial charge in [-0.05, 0) is 26.0 Å². The van der Waals surface area contributed by atoms with Crippen LogP contribution in [0.5, 0.6) is 0 Å². The summed E-state index contributed by atoms with van der Waals surface area (Å²) in [6, 6.07) is 7.80. The van der Waals surface area contributed by atoms with Crippen LogP contribution in [0.25, 0.3) is 0 Å². The lowest BCUT2D eigenvalue weighted by Gasteiger charge is -2.25. The molecule has 0 saturated carbocycles. The van der Waals surface area contributed by atoms with Crippen LogP contribution >= 0.6 is 0 Å². The maximum absolute atomic E-state index is 11.5. The molecule has 0 N–H and O–H groups in total. The summed E-state index contributed by atoms with van der Waals surface area (Å²) in [7, 11) is 3.36. The number of nitrogens with zero attached hydrogens (tertiary/aromatic N) is 1.